The summed E-state index contributed by atoms with van der Waals surface area (Å²) in [5.41, 5.74) is 19.5. The number of hydrogen-bond acceptors (Lipinski definition) is 1. The summed E-state index contributed by atoms with van der Waals surface area (Å²) in [6.07, 6.45) is 0. The standard InChI is InChI=1S/C53H42N2/c1-35-25-27-38(28-26-35)42-21-14-15-36(2)52(42)55-50-24-13-10-20-45(50)46-32-30-40(34-51(46)55)54(49-23-12-9-18-41(49)37-16-6-5-7-17-37)39-29-31-44-43-19-8-11-22-47(43)53(3,4)48(44)33-39/h5-34H,1-4H3. The predicted molar refractivity (Wildman–Crippen MR) is 233 cm³/mol. The van der Waals surface area contributed by atoms with Crippen molar-refractivity contribution in [2.45, 2.75) is 33.1 Å². The van der Waals surface area contributed by atoms with Crippen molar-refractivity contribution < 1.29 is 0 Å². The van der Waals surface area contributed by atoms with Gasteiger partial charge in [0.1, 0.15) is 0 Å². The van der Waals surface area contributed by atoms with Crippen LogP contribution in [0.2, 0.25) is 0 Å². The summed E-state index contributed by atoms with van der Waals surface area (Å²) in [5.74, 6) is 0. The van der Waals surface area contributed by atoms with Gasteiger partial charge < -0.3 is 9.47 Å². The Hall–Kier alpha value is -6.64. The van der Waals surface area contributed by atoms with Gasteiger partial charge in [-0.3, -0.25) is 0 Å². The highest BCUT2D eigenvalue weighted by atomic mass is 15.1. The summed E-state index contributed by atoms with van der Waals surface area (Å²) in [7, 11) is 0. The molecule has 1 heterocycles. The summed E-state index contributed by atoms with van der Waals surface area (Å²) < 4.78 is 2.50. The van der Waals surface area contributed by atoms with Crippen LogP contribution >= 0.6 is 0 Å². The van der Waals surface area contributed by atoms with Crippen LogP contribution in [0.5, 0.6) is 0 Å². The van der Waals surface area contributed by atoms with Crippen LogP contribution in [0.25, 0.3) is 60.9 Å². The highest BCUT2D eigenvalue weighted by Crippen LogP contribution is 2.51. The van der Waals surface area contributed by atoms with Crippen LogP contribution in [0, 0.1) is 13.8 Å². The molecule has 1 aliphatic carbocycles. The van der Waals surface area contributed by atoms with E-state index in [0.29, 0.717) is 0 Å². The molecule has 0 bridgehead atoms. The van der Waals surface area contributed by atoms with E-state index in [0.717, 1.165) is 17.1 Å². The zero-order valence-electron chi connectivity index (χ0n) is 31.7. The molecular weight excluding hydrogens is 665 g/mol. The number of nitrogens with zero attached hydrogens (tertiary/aromatic N) is 2. The molecule has 0 amide bonds. The monoisotopic (exact) mass is 706 g/mol. The molecule has 0 saturated carbocycles. The first kappa shape index (κ1) is 33.0. The average Bonchev–Trinajstić information content (AvgIpc) is 3.66. The summed E-state index contributed by atoms with van der Waals surface area (Å²) in [6.45, 7) is 9.12. The van der Waals surface area contributed by atoms with Gasteiger partial charge in [0.15, 0.2) is 0 Å². The number of anilines is 3. The lowest BCUT2D eigenvalue weighted by atomic mass is 9.82. The summed E-state index contributed by atoms with van der Waals surface area (Å²) >= 11 is 0. The molecular formula is C53H42N2. The Morgan fingerprint density at radius 1 is 0.436 bits per heavy atom. The fraction of sp³-hybridized carbons (Fsp3) is 0.0943. The Kier molecular flexibility index (Phi) is 7.64. The maximum atomic E-state index is 2.50. The molecule has 0 N–H and O–H groups in total. The summed E-state index contributed by atoms with van der Waals surface area (Å²) in [4.78, 5) is 2.47. The molecule has 0 saturated heterocycles. The van der Waals surface area contributed by atoms with Gasteiger partial charge >= 0.3 is 0 Å². The van der Waals surface area contributed by atoms with Gasteiger partial charge in [-0.25, -0.2) is 0 Å². The van der Waals surface area contributed by atoms with Crippen LogP contribution in [0.4, 0.5) is 17.1 Å². The Labute approximate surface area is 323 Å². The molecule has 9 aromatic rings. The van der Waals surface area contributed by atoms with Crippen LogP contribution in [-0.2, 0) is 5.41 Å². The van der Waals surface area contributed by atoms with E-state index in [4.69, 9.17) is 0 Å². The molecule has 2 heteroatoms. The number of rotatable bonds is 6. The van der Waals surface area contributed by atoms with E-state index in [2.05, 4.69) is 219 Å². The molecule has 0 radical (unpaired) electrons. The van der Waals surface area contributed by atoms with Gasteiger partial charge in [-0.15, -0.1) is 0 Å². The van der Waals surface area contributed by atoms with E-state index in [9.17, 15) is 0 Å². The number of aryl methyl sites for hydroxylation is 2. The van der Waals surface area contributed by atoms with Crippen molar-refractivity contribution in [2.75, 3.05) is 4.90 Å². The second kappa shape index (κ2) is 12.7. The fourth-order valence-electron chi connectivity index (χ4n) is 9.05. The third kappa shape index (κ3) is 5.24. The zero-order valence-corrected chi connectivity index (χ0v) is 31.7. The van der Waals surface area contributed by atoms with Crippen molar-refractivity contribution in [3.8, 4) is 39.1 Å². The quantitative estimate of drug-likeness (QED) is 0.167. The predicted octanol–water partition coefficient (Wildman–Crippen LogP) is 14.5. The SMILES string of the molecule is Cc1ccc(-c2cccc(C)c2-n2c3ccccc3c3ccc(N(c4ccc5c(c4)C(C)(C)c4ccccc4-5)c4ccccc4-c4ccccc4)cc32)cc1. The third-order valence-electron chi connectivity index (χ3n) is 11.8. The van der Waals surface area contributed by atoms with Crippen molar-refractivity contribution in [1.29, 1.82) is 0 Å². The lowest BCUT2D eigenvalue weighted by Crippen LogP contribution is -2.17. The first-order valence-electron chi connectivity index (χ1n) is 19.3. The lowest BCUT2D eigenvalue weighted by Gasteiger charge is -2.30. The molecule has 0 fully saturated rings. The van der Waals surface area contributed by atoms with Gasteiger partial charge in [0.25, 0.3) is 0 Å². The van der Waals surface area contributed by atoms with E-state index in [-0.39, 0.29) is 5.41 Å². The highest BCUT2D eigenvalue weighted by Gasteiger charge is 2.36. The highest BCUT2D eigenvalue weighted by molar-refractivity contribution is 6.11. The van der Waals surface area contributed by atoms with Crippen LogP contribution in [-0.4, -0.2) is 4.57 Å². The molecule has 0 spiro atoms. The molecule has 0 aliphatic heterocycles. The topological polar surface area (TPSA) is 8.17 Å². The molecule has 1 aromatic heterocycles. The second-order valence-corrected chi connectivity index (χ2v) is 15.5. The van der Waals surface area contributed by atoms with Crippen molar-refractivity contribution in [1.82, 2.24) is 4.57 Å². The fourth-order valence-corrected chi connectivity index (χ4v) is 9.05. The number of para-hydroxylation sites is 3. The molecule has 0 unspecified atom stereocenters. The number of hydrogen-bond donors (Lipinski definition) is 0. The smallest absolute Gasteiger partial charge is 0.0569 e. The van der Waals surface area contributed by atoms with E-state index in [1.54, 1.807) is 0 Å². The molecule has 8 aromatic carbocycles. The molecule has 55 heavy (non-hydrogen) atoms. The summed E-state index contributed by atoms with van der Waals surface area (Å²) in [5, 5.41) is 2.48. The molecule has 10 rings (SSSR count). The van der Waals surface area contributed by atoms with Gasteiger partial charge in [0, 0.05) is 38.7 Å². The van der Waals surface area contributed by atoms with Gasteiger partial charge in [-0.1, -0.05) is 165 Å². The molecule has 1 aliphatic rings. The van der Waals surface area contributed by atoms with E-state index in [1.165, 1.54) is 83.1 Å². The first-order chi connectivity index (χ1) is 26.9. The first-order valence-corrected chi connectivity index (χ1v) is 19.3. The number of aromatic nitrogens is 1. The van der Waals surface area contributed by atoms with Crippen molar-refractivity contribution in [2.24, 2.45) is 0 Å². The Balaban J connectivity index is 1.25. The van der Waals surface area contributed by atoms with Crippen molar-refractivity contribution in [3.05, 3.63) is 204 Å². The maximum Gasteiger partial charge on any atom is 0.0569 e. The molecule has 264 valence electrons. The minimum Gasteiger partial charge on any atom is -0.310 e. The van der Waals surface area contributed by atoms with Crippen molar-refractivity contribution in [3.63, 3.8) is 0 Å². The van der Waals surface area contributed by atoms with Gasteiger partial charge in [-0.2, -0.15) is 0 Å². The largest absolute Gasteiger partial charge is 0.310 e. The molecule has 0 atom stereocenters. The minimum atomic E-state index is -0.125. The third-order valence-corrected chi connectivity index (χ3v) is 11.8. The van der Waals surface area contributed by atoms with Crippen LogP contribution in [0.3, 0.4) is 0 Å². The molecule has 2 nitrogen and oxygen atoms in total. The zero-order chi connectivity index (χ0) is 37.3. The van der Waals surface area contributed by atoms with Gasteiger partial charge in [0.05, 0.1) is 22.4 Å². The minimum absolute atomic E-state index is 0.125. The Morgan fingerprint density at radius 3 is 1.89 bits per heavy atom. The average molecular weight is 707 g/mol. The lowest BCUT2D eigenvalue weighted by molar-refractivity contribution is 0.660. The van der Waals surface area contributed by atoms with Gasteiger partial charge in [-0.05, 0) is 89.2 Å². The van der Waals surface area contributed by atoms with E-state index in [1.807, 2.05) is 0 Å². The maximum absolute atomic E-state index is 2.50. The normalized spacial score (nSPS) is 12.9. The Morgan fingerprint density at radius 2 is 1.05 bits per heavy atom. The van der Waals surface area contributed by atoms with E-state index < -0.39 is 0 Å². The van der Waals surface area contributed by atoms with Crippen LogP contribution in [0.15, 0.2) is 182 Å². The number of fused-ring (bicyclic) bond motifs is 6. The second-order valence-electron chi connectivity index (χ2n) is 15.5. The van der Waals surface area contributed by atoms with E-state index >= 15 is 0 Å². The number of benzene rings is 8. The van der Waals surface area contributed by atoms with Crippen LogP contribution < -0.4 is 4.90 Å². The van der Waals surface area contributed by atoms with Crippen LogP contribution in [0.1, 0.15) is 36.1 Å². The van der Waals surface area contributed by atoms with Crippen molar-refractivity contribution >= 4 is 38.9 Å². The summed E-state index contributed by atoms with van der Waals surface area (Å²) in [6, 6.07) is 67.1. The van der Waals surface area contributed by atoms with Gasteiger partial charge in [0.2, 0.25) is 0 Å². The Bertz CT molecular complexity index is 2910.